The van der Waals surface area contributed by atoms with Gasteiger partial charge in [-0.3, -0.25) is 4.98 Å². The van der Waals surface area contributed by atoms with Crippen LogP contribution in [0.5, 0.6) is 0 Å². The van der Waals surface area contributed by atoms with Crippen molar-refractivity contribution in [1.82, 2.24) is 4.98 Å². The molecule has 0 fully saturated rings. The lowest BCUT2D eigenvalue weighted by atomic mass is 10.3. The summed E-state index contributed by atoms with van der Waals surface area (Å²) in [5.74, 6) is 2.29. The summed E-state index contributed by atoms with van der Waals surface area (Å²) in [6.45, 7) is 6.42. The van der Waals surface area contributed by atoms with Crippen LogP contribution in [-0.4, -0.2) is 10.7 Å². The highest BCUT2D eigenvalue weighted by Crippen LogP contribution is 2.09. The molecule has 0 aliphatic rings. The van der Waals surface area contributed by atoms with Gasteiger partial charge in [0.1, 0.15) is 0 Å². The summed E-state index contributed by atoms with van der Waals surface area (Å²) >= 11 is 1.93. The molecule has 1 rings (SSSR count). The maximum absolute atomic E-state index is 3.94. The normalized spacial score (nSPS) is 8.85. The summed E-state index contributed by atoms with van der Waals surface area (Å²) in [7, 11) is 0. The van der Waals surface area contributed by atoms with E-state index in [1.807, 2.05) is 24.2 Å². The van der Waals surface area contributed by atoms with E-state index >= 15 is 0 Å². The Hall–Kier alpha value is -0.500. The molecule has 13 heavy (non-hydrogen) atoms. The van der Waals surface area contributed by atoms with E-state index in [9.17, 15) is 0 Å². The molecule has 0 amide bonds. The highest BCUT2D eigenvalue weighted by atomic mass is 32.2. The van der Waals surface area contributed by atoms with Crippen LogP contribution in [0.1, 0.15) is 32.8 Å². The largest absolute Gasteiger partial charge is 0.265 e. The number of nitrogens with zero attached hydrogens (tertiary/aromatic N) is 1. The van der Waals surface area contributed by atoms with Crippen molar-refractivity contribution in [2.24, 2.45) is 0 Å². The maximum atomic E-state index is 3.94. The molecule has 1 heterocycles. The fraction of sp³-hybridized carbons (Fsp3) is 0.545. The van der Waals surface area contributed by atoms with Gasteiger partial charge in [0.15, 0.2) is 0 Å². The molecular weight excluding hydrogens is 178 g/mol. The zero-order valence-electron chi connectivity index (χ0n) is 8.79. The molecule has 0 bridgehead atoms. The highest BCUT2D eigenvalue weighted by Gasteiger charge is 1.88. The Bertz CT molecular complexity index is 187. The molecule has 1 aromatic rings. The smallest absolute Gasteiger partial charge is 0.0270 e. The predicted octanol–water partition coefficient (Wildman–Crippen LogP) is 3.75. The first-order valence-electron chi connectivity index (χ1n) is 4.81. The summed E-state index contributed by atoms with van der Waals surface area (Å²) in [6.07, 6.45) is 4.93. The van der Waals surface area contributed by atoms with Crippen LogP contribution in [0.25, 0.3) is 0 Å². The zero-order chi connectivity index (χ0) is 9.94. The van der Waals surface area contributed by atoms with Crippen molar-refractivity contribution in [3.05, 3.63) is 30.1 Å². The van der Waals surface area contributed by atoms with E-state index in [-0.39, 0.29) is 0 Å². The van der Waals surface area contributed by atoms with Gasteiger partial charge < -0.3 is 0 Å². The Morgan fingerprint density at radius 2 is 1.69 bits per heavy atom. The van der Waals surface area contributed by atoms with Crippen LogP contribution >= 0.6 is 11.8 Å². The summed E-state index contributed by atoms with van der Waals surface area (Å²) in [6, 6.07) is 4.12. The molecule has 2 heteroatoms. The predicted molar refractivity (Wildman–Crippen MR) is 62.0 cm³/mol. The zero-order valence-corrected chi connectivity index (χ0v) is 9.60. The molecule has 0 aliphatic heterocycles. The monoisotopic (exact) mass is 197 g/mol. The lowest BCUT2D eigenvalue weighted by Gasteiger charge is -1.96. The lowest BCUT2D eigenvalue weighted by molar-refractivity contribution is 1.09. The van der Waals surface area contributed by atoms with Gasteiger partial charge in [0, 0.05) is 18.1 Å². The summed E-state index contributed by atoms with van der Waals surface area (Å²) in [5, 5.41) is 0. The molecule has 0 unspecified atom stereocenters. The van der Waals surface area contributed by atoms with Gasteiger partial charge in [0.25, 0.3) is 0 Å². The standard InChI is InChI=1S/C8H11NS.C3H8/c1-2-10-7-8-3-5-9-6-4-8;1-3-2/h3-6H,2,7H2,1H3;3H2,1-2H3. The van der Waals surface area contributed by atoms with E-state index < -0.39 is 0 Å². The SMILES string of the molecule is CCC.CCSCc1ccncc1. The van der Waals surface area contributed by atoms with Crippen molar-refractivity contribution < 1.29 is 0 Å². The van der Waals surface area contributed by atoms with Crippen LogP contribution < -0.4 is 0 Å². The lowest BCUT2D eigenvalue weighted by Crippen LogP contribution is -1.80. The van der Waals surface area contributed by atoms with E-state index in [0.717, 1.165) is 5.75 Å². The van der Waals surface area contributed by atoms with Gasteiger partial charge in [-0.05, 0) is 23.4 Å². The number of rotatable bonds is 3. The molecule has 74 valence electrons. The minimum Gasteiger partial charge on any atom is -0.265 e. The first-order valence-corrected chi connectivity index (χ1v) is 5.97. The van der Waals surface area contributed by atoms with Gasteiger partial charge >= 0.3 is 0 Å². The minimum atomic E-state index is 1.11. The van der Waals surface area contributed by atoms with E-state index in [1.165, 1.54) is 17.7 Å². The molecule has 0 saturated carbocycles. The van der Waals surface area contributed by atoms with Crippen molar-refractivity contribution in [2.45, 2.75) is 32.9 Å². The van der Waals surface area contributed by atoms with Gasteiger partial charge in [0.2, 0.25) is 0 Å². The molecular formula is C11H19NS. The van der Waals surface area contributed by atoms with Gasteiger partial charge in [-0.1, -0.05) is 27.2 Å². The highest BCUT2D eigenvalue weighted by molar-refractivity contribution is 7.98. The number of aromatic nitrogens is 1. The van der Waals surface area contributed by atoms with Crippen molar-refractivity contribution >= 4 is 11.8 Å². The number of hydrogen-bond donors (Lipinski definition) is 0. The molecule has 0 aromatic carbocycles. The number of hydrogen-bond acceptors (Lipinski definition) is 2. The van der Waals surface area contributed by atoms with Crippen LogP contribution in [0.2, 0.25) is 0 Å². The average molecular weight is 197 g/mol. The number of thioether (sulfide) groups is 1. The van der Waals surface area contributed by atoms with Crippen LogP contribution in [0.4, 0.5) is 0 Å². The fourth-order valence-corrected chi connectivity index (χ4v) is 1.33. The average Bonchev–Trinajstić information content (AvgIpc) is 2.18. The molecule has 0 saturated heterocycles. The second kappa shape index (κ2) is 9.59. The van der Waals surface area contributed by atoms with Crippen molar-refractivity contribution in [3.63, 3.8) is 0 Å². The molecule has 0 radical (unpaired) electrons. The Kier molecular flexibility index (Phi) is 9.22. The number of pyridine rings is 1. The van der Waals surface area contributed by atoms with Gasteiger partial charge in [0.05, 0.1) is 0 Å². The molecule has 0 N–H and O–H groups in total. The van der Waals surface area contributed by atoms with Crippen LogP contribution in [-0.2, 0) is 5.75 Å². The van der Waals surface area contributed by atoms with Crippen LogP contribution in [0, 0.1) is 0 Å². The second-order valence-electron chi connectivity index (χ2n) is 2.70. The van der Waals surface area contributed by atoms with Gasteiger partial charge in [-0.25, -0.2) is 0 Å². The summed E-state index contributed by atoms with van der Waals surface area (Å²) in [4.78, 5) is 3.94. The first-order chi connectivity index (χ1) is 6.35. The van der Waals surface area contributed by atoms with Gasteiger partial charge in [-0.15, -0.1) is 0 Å². The Balaban J connectivity index is 0.000000424. The van der Waals surface area contributed by atoms with Crippen molar-refractivity contribution in [1.29, 1.82) is 0 Å². The summed E-state index contributed by atoms with van der Waals surface area (Å²) < 4.78 is 0. The molecule has 1 nitrogen and oxygen atoms in total. The van der Waals surface area contributed by atoms with E-state index in [1.54, 1.807) is 0 Å². The van der Waals surface area contributed by atoms with Crippen molar-refractivity contribution in [3.8, 4) is 0 Å². The second-order valence-corrected chi connectivity index (χ2v) is 3.97. The van der Waals surface area contributed by atoms with Crippen LogP contribution in [0.3, 0.4) is 0 Å². The first kappa shape index (κ1) is 12.5. The van der Waals surface area contributed by atoms with Gasteiger partial charge in [-0.2, -0.15) is 11.8 Å². The Morgan fingerprint density at radius 3 is 2.15 bits per heavy atom. The van der Waals surface area contributed by atoms with E-state index in [0.29, 0.717) is 0 Å². The molecule has 1 aromatic heterocycles. The topological polar surface area (TPSA) is 12.9 Å². The van der Waals surface area contributed by atoms with E-state index in [2.05, 4.69) is 37.9 Å². The Morgan fingerprint density at radius 1 is 1.15 bits per heavy atom. The third-order valence-corrected chi connectivity index (χ3v) is 2.17. The third-order valence-electron chi connectivity index (χ3n) is 1.22. The third kappa shape index (κ3) is 7.85. The fourth-order valence-electron chi connectivity index (χ4n) is 0.699. The molecule has 0 atom stereocenters. The van der Waals surface area contributed by atoms with Crippen LogP contribution in [0.15, 0.2) is 24.5 Å². The van der Waals surface area contributed by atoms with E-state index in [4.69, 9.17) is 0 Å². The molecule has 0 aliphatic carbocycles. The summed E-state index contributed by atoms with van der Waals surface area (Å²) in [5.41, 5.74) is 1.36. The maximum Gasteiger partial charge on any atom is 0.0270 e. The quantitative estimate of drug-likeness (QED) is 0.732. The Labute approximate surface area is 86.0 Å². The minimum absolute atomic E-state index is 1.11. The molecule has 0 spiro atoms. The van der Waals surface area contributed by atoms with Crippen molar-refractivity contribution in [2.75, 3.05) is 5.75 Å².